The Morgan fingerprint density at radius 1 is 1.35 bits per heavy atom. The van der Waals surface area contributed by atoms with E-state index in [4.69, 9.17) is 0 Å². The number of carbonyl (C=O) groups is 2. The Bertz CT molecular complexity index is 498. The summed E-state index contributed by atoms with van der Waals surface area (Å²) in [4.78, 5) is 25.0. The van der Waals surface area contributed by atoms with Crippen molar-refractivity contribution in [2.75, 3.05) is 6.54 Å². The van der Waals surface area contributed by atoms with Gasteiger partial charge in [0.25, 0.3) is 0 Å². The third-order valence-electron chi connectivity index (χ3n) is 3.82. The number of aryl methyl sites for hydroxylation is 2. The number of benzene rings is 1. The molecular weight excluding hydrogens is 254 g/mol. The summed E-state index contributed by atoms with van der Waals surface area (Å²) in [6.45, 7) is 2.60. The van der Waals surface area contributed by atoms with Crippen LogP contribution in [0.15, 0.2) is 24.3 Å². The Kier molecular flexibility index (Phi) is 4.77. The van der Waals surface area contributed by atoms with Gasteiger partial charge in [-0.3, -0.25) is 4.79 Å². The van der Waals surface area contributed by atoms with E-state index < -0.39 is 12.0 Å². The zero-order valence-corrected chi connectivity index (χ0v) is 11.8. The topological polar surface area (TPSA) is 57.6 Å². The molecule has 0 radical (unpaired) electrons. The number of rotatable bonds is 4. The van der Waals surface area contributed by atoms with Gasteiger partial charge in [-0.05, 0) is 38.2 Å². The third-order valence-corrected chi connectivity index (χ3v) is 3.82. The Labute approximate surface area is 119 Å². The van der Waals surface area contributed by atoms with Crippen molar-refractivity contribution in [2.45, 2.75) is 45.1 Å². The normalized spacial score (nSPS) is 18.9. The molecule has 0 saturated carbocycles. The SMILES string of the molecule is Cc1cccc(CCC(=O)N2CCCC[C@@H]2C(=O)O)c1. The largest absolute Gasteiger partial charge is 0.480 e. The molecule has 0 unspecified atom stereocenters. The molecule has 0 bridgehead atoms. The average molecular weight is 275 g/mol. The summed E-state index contributed by atoms with van der Waals surface area (Å²) in [5, 5.41) is 9.19. The van der Waals surface area contributed by atoms with Crippen molar-refractivity contribution >= 4 is 11.9 Å². The monoisotopic (exact) mass is 275 g/mol. The second-order valence-electron chi connectivity index (χ2n) is 5.43. The zero-order chi connectivity index (χ0) is 14.5. The first-order valence-corrected chi connectivity index (χ1v) is 7.16. The van der Waals surface area contributed by atoms with Crippen molar-refractivity contribution < 1.29 is 14.7 Å². The predicted molar refractivity (Wildman–Crippen MR) is 76.5 cm³/mol. The van der Waals surface area contributed by atoms with E-state index in [1.807, 2.05) is 25.1 Å². The van der Waals surface area contributed by atoms with Crippen molar-refractivity contribution in [3.8, 4) is 0 Å². The lowest BCUT2D eigenvalue weighted by atomic mass is 10.0. The molecule has 1 atom stereocenters. The van der Waals surface area contributed by atoms with E-state index >= 15 is 0 Å². The standard InChI is InChI=1S/C16H21NO3/c1-12-5-4-6-13(11-12)8-9-15(18)17-10-3-2-7-14(17)16(19)20/h4-6,11,14H,2-3,7-10H2,1H3,(H,19,20)/t14-/m1/s1. The van der Waals surface area contributed by atoms with Crippen LogP contribution in [0, 0.1) is 6.92 Å². The number of likely N-dealkylation sites (tertiary alicyclic amines) is 1. The van der Waals surface area contributed by atoms with Gasteiger partial charge < -0.3 is 10.0 Å². The van der Waals surface area contributed by atoms with Gasteiger partial charge in [-0.15, -0.1) is 0 Å². The number of carbonyl (C=O) groups excluding carboxylic acids is 1. The number of carboxylic acid groups (broad SMARTS) is 1. The molecule has 1 fully saturated rings. The lowest BCUT2D eigenvalue weighted by Gasteiger charge is -2.33. The zero-order valence-electron chi connectivity index (χ0n) is 11.8. The van der Waals surface area contributed by atoms with Gasteiger partial charge >= 0.3 is 5.97 Å². The van der Waals surface area contributed by atoms with Crippen LogP contribution in [-0.4, -0.2) is 34.5 Å². The summed E-state index contributed by atoms with van der Waals surface area (Å²) in [7, 11) is 0. The summed E-state index contributed by atoms with van der Waals surface area (Å²) in [5.41, 5.74) is 2.30. The van der Waals surface area contributed by atoms with Crippen LogP contribution in [-0.2, 0) is 16.0 Å². The first-order valence-electron chi connectivity index (χ1n) is 7.16. The molecule has 108 valence electrons. The van der Waals surface area contributed by atoms with Crippen molar-refractivity contribution in [1.82, 2.24) is 4.90 Å². The molecule has 0 spiro atoms. The molecular formula is C16H21NO3. The molecule has 1 aromatic carbocycles. The van der Waals surface area contributed by atoms with E-state index in [1.165, 1.54) is 5.56 Å². The smallest absolute Gasteiger partial charge is 0.326 e. The minimum atomic E-state index is -0.881. The number of hydrogen-bond acceptors (Lipinski definition) is 2. The van der Waals surface area contributed by atoms with Crippen LogP contribution >= 0.6 is 0 Å². The maximum atomic E-state index is 12.2. The van der Waals surface area contributed by atoms with Gasteiger partial charge in [0.1, 0.15) is 6.04 Å². The molecule has 1 aromatic rings. The first-order chi connectivity index (χ1) is 9.58. The fourth-order valence-corrected chi connectivity index (χ4v) is 2.75. The molecule has 0 aromatic heterocycles. The van der Waals surface area contributed by atoms with Gasteiger partial charge in [-0.1, -0.05) is 29.8 Å². The Balaban J connectivity index is 1.95. The maximum absolute atomic E-state index is 12.2. The van der Waals surface area contributed by atoms with Crippen LogP contribution in [0.25, 0.3) is 0 Å². The highest BCUT2D eigenvalue weighted by molar-refractivity contribution is 5.84. The molecule has 20 heavy (non-hydrogen) atoms. The number of piperidine rings is 1. The van der Waals surface area contributed by atoms with E-state index in [-0.39, 0.29) is 5.91 Å². The van der Waals surface area contributed by atoms with Crippen LogP contribution in [0.5, 0.6) is 0 Å². The summed E-state index contributed by atoms with van der Waals surface area (Å²) in [6.07, 6.45) is 3.42. The summed E-state index contributed by atoms with van der Waals surface area (Å²) < 4.78 is 0. The molecule has 1 amide bonds. The fourth-order valence-electron chi connectivity index (χ4n) is 2.75. The van der Waals surface area contributed by atoms with E-state index in [1.54, 1.807) is 4.90 Å². The molecule has 1 saturated heterocycles. The molecule has 4 nitrogen and oxygen atoms in total. The van der Waals surface area contributed by atoms with Crippen LogP contribution in [0.3, 0.4) is 0 Å². The second kappa shape index (κ2) is 6.55. The van der Waals surface area contributed by atoms with Crippen molar-refractivity contribution in [1.29, 1.82) is 0 Å². The van der Waals surface area contributed by atoms with Crippen molar-refractivity contribution in [3.05, 3.63) is 35.4 Å². The highest BCUT2D eigenvalue weighted by atomic mass is 16.4. The van der Waals surface area contributed by atoms with Gasteiger partial charge in [0.2, 0.25) is 5.91 Å². The molecule has 1 N–H and O–H groups in total. The molecule has 1 aliphatic heterocycles. The number of carboxylic acids is 1. The quantitative estimate of drug-likeness (QED) is 0.918. The number of amides is 1. The number of nitrogens with zero attached hydrogens (tertiary/aromatic N) is 1. The number of hydrogen-bond donors (Lipinski definition) is 1. The fraction of sp³-hybridized carbons (Fsp3) is 0.500. The highest BCUT2D eigenvalue weighted by Gasteiger charge is 2.31. The molecule has 1 heterocycles. The van der Waals surface area contributed by atoms with E-state index in [9.17, 15) is 14.7 Å². The van der Waals surface area contributed by atoms with E-state index in [0.29, 0.717) is 25.8 Å². The van der Waals surface area contributed by atoms with Gasteiger partial charge in [0.05, 0.1) is 0 Å². The average Bonchev–Trinajstić information content (AvgIpc) is 2.45. The maximum Gasteiger partial charge on any atom is 0.326 e. The summed E-state index contributed by atoms with van der Waals surface area (Å²) in [5.74, 6) is -0.924. The summed E-state index contributed by atoms with van der Waals surface area (Å²) >= 11 is 0. The second-order valence-corrected chi connectivity index (χ2v) is 5.43. The Morgan fingerprint density at radius 2 is 2.15 bits per heavy atom. The lowest BCUT2D eigenvalue weighted by Crippen LogP contribution is -2.48. The first kappa shape index (κ1) is 14.6. The van der Waals surface area contributed by atoms with Crippen LogP contribution in [0.1, 0.15) is 36.8 Å². The van der Waals surface area contributed by atoms with Crippen molar-refractivity contribution in [3.63, 3.8) is 0 Å². The molecule has 4 heteroatoms. The molecule has 1 aliphatic rings. The minimum Gasteiger partial charge on any atom is -0.480 e. The Morgan fingerprint density at radius 3 is 2.85 bits per heavy atom. The highest BCUT2D eigenvalue weighted by Crippen LogP contribution is 2.19. The third kappa shape index (κ3) is 3.59. The minimum absolute atomic E-state index is 0.0430. The molecule has 2 rings (SSSR count). The van der Waals surface area contributed by atoms with E-state index in [2.05, 4.69) is 6.07 Å². The van der Waals surface area contributed by atoms with Gasteiger partial charge in [-0.25, -0.2) is 4.79 Å². The predicted octanol–water partition coefficient (Wildman–Crippen LogP) is 2.39. The summed E-state index contributed by atoms with van der Waals surface area (Å²) in [6, 6.07) is 7.45. The lowest BCUT2D eigenvalue weighted by molar-refractivity contribution is -0.152. The Hall–Kier alpha value is -1.84. The van der Waals surface area contributed by atoms with E-state index in [0.717, 1.165) is 18.4 Å². The molecule has 0 aliphatic carbocycles. The van der Waals surface area contributed by atoms with Crippen molar-refractivity contribution in [2.24, 2.45) is 0 Å². The van der Waals surface area contributed by atoms with Gasteiger partial charge in [0, 0.05) is 13.0 Å². The van der Waals surface area contributed by atoms with Gasteiger partial charge in [-0.2, -0.15) is 0 Å². The number of aliphatic carboxylic acids is 1. The van der Waals surface area contributed by atoms with Gasteiger partial charge in [0.15, 0.2) is 0 Å². The van der Waals surface area contributed by atoms with Crippen LogP contribution in [0.4, 0.5) is 0 Å². The van der Waals surface area contributed by atoms with Crippen LogP contribution in [0.2, 0.25) is 0 Å². The van der Waals surface area contributed by atoms with Crippen LogP contribution < -0.4 is 0 Å².